The van der Waals surface area contributed by atoms with E-state index in [1.165, 1.54) is 12.5 Å². The Labute approximate surface area is 106 Å². The van der Waals surface area contributed by atoms with Gasteiger partial charge in [0.2, 0.25) is 5.91 Å². The maximum absolute atomic E-state index is 14.0. The minimum Gasteiger partial charge on any atom is -0.326 e. The first-order valence-electron chi connectivity index (χ1n) is 6.53. The molecule has 3 N–H and O–H groups in total. The van der Waals surface area contributed by atoms with Crippen LogP contribution in [0.25, 0.3) is 0 Å². The first-order chi connectivity index (χ1) is 8.65. The normalized spacial score (nSPS) is 20.9. The van der Waals surface area contributed by atoms with Crippen LogP contribution in [0.5, 0.6) is 0 Å². The number of nitrogens with one attached hydrogen (secondary N) is 1. The van der Waals surface area contributed by atoms with Crippen molar-refractivity contribution < 1.29 is 9.18 Å². The van der Waals surface area contributed by atoms with E-state index >= 15 is 0 Å². The molecule has 1 atom stereocenters. The number of halogens is 1. The average molecular weight is 248 g/mol. The number of carbonyl (C=O) groups excluding carboxylic acids is 1. The van der Waals surface area contributed by atoms with Crippen LogP contribution in [0.4, 0.5) is 10.1 Å². The summed E-state index contributed by atoms with van der Waals surface area (Å²) in [5.41, 5.74) is 8.35. The van der Waals surface area contributed by atoms with Crippen LogP contribution < -0.4 is 11.1 Å². The number of amides is 1. The summed E-state index contributed by atoms with van der Waals surface area (Å²) in [6.45, 7) is 0. The van der Waals surface area contributed by atoms with Gasteiger partial charge >= 0.3 is 0 Å². The number of carbonyl (C=O) groups is 1. The van der Waals surface area contributed by atoms with E-state index in [0.717, 1.165) is 18.4 Å². The number of nitrogens with two attached hydrogens (primary N) is 1. The molecular formula is C14H17FN2O. The van der Waals surface area contributed by atoms with Crippen LogP contribution in [0.1, 0.15) is 42.9 Å². The van der Waals surface area contributed by atoms with Gasteiger partial charge in [-0.2, -0.15) is 0 Å². The van der Waals surface area contributed by atoms with Gasteiger partial charge in [0.25, 0.3) is 0 Å². The van der Waals surface area contributed by atoms with E-state index in [0.29, 0.717) is 30.0 Å². The van der Waals surface area contributed by atoms with Gasteiger partial charge in [0.1, 0.15) is 5.82 Å². The maximum Gasteiger partial charge on any atom is 0.224 e. The van der Waals surface area contributed by atoms with Crippen molar-refractivity contribution in [1.82, 2.24) is 0 Å². The Morgan fingerprint density at radius 3 is 2.78 bits per heavy atom. The maximum atomic E-state index is 14.0. The molecule has 1 aromatic carbocycles. The molecule has 0 spiro atoms. The van der Waals surface area contributed by atoms with Gasteiger partial charge in [0.05, 0.1) is 0 Å². The number of benzene rings is 1. The Morgan fingerprint density at radius 2 is 2.11 bits per heavy atom. The number of aryl methyl sites for hydroxylation is 1. The molecule has 2 aliphatic rings. The second-order valence-electron chi connectivity index (χ2n) is 5.30. The predicted octanol–water partition coefficient (Wildman–Crippen LogP) is 2.51. The molecule has 1 amide bonds. The quantitative estimate of drug-likeness (QED) is 0.845. The van der Waals surface area contributed by atoms with Gasteiger partial charge in [0.15, 0.2) is 0 Å². The second-order valence-corrected chi connectivity index (χ2v) is 5.30. The van der Waals surface area contributed by atoms with E-state index in [4.69, 9.17) is 5.73 Å². The predicted molar refractivity (Wildman–Crippen MR) is 67.6 cm³/mol. The summed E-state index contributed by atoms with van der Waals surface area (Å²) >= 11 is 0. The van der Waals surface area contributed by atoms with Gasteiger partial charge in [0, 0.05) is 23.7 Å². The Balaban J connectivity index is 1.93. The fourth-order valence-electron chi connectivity index (χ4n) is 2.73. The number of rotatable bonds is 2. The van der Waals surface area contributed by atoms with Crippen LogP contribution in [-0.4, -0.2) is 5.91 Å². The van der Waals surface area contributed by atoms with Crippen molar-refractivity contribution in [3.8, 4) is 0 Å². The molecule has 3 rings (SSSR count). The van der Waals surface area contributed by atoms with Gasteiger partial charge in [-0.05, 0) is 42.9 Å². The molecule has 0 aromatic heterocycles. The summed E-state index contributed by atoms with van der Waals surface area (Å²) in [7, 11) is 0. The monoisotopic (exact) mass is 248 g/mol. The van der Waals surface area contributed by atoms with Crippen LogP contribution in [0.15, 0.2) is 12.1 Å². The Morgan fingerprint density at radius 1 is 1.33 bits per heavy atom. The lowest BCUT2D eigenvalue weighted by Gasteiger charge is -2.32. The minimum absolute atomic E-state index is 0.0436. The number of hydrogen-bond acceptors (Lipinski definition) is 2. The van der Waals surface area contributed by atoms with Crippen LogP contribution in [-0.2, 0) is 11.2 Å². The standard InChI is InChI=1S/C14H17FN2O/c15-11-7-12-9(4-5-13(18)17-12)6-10(11)14(16)8-2-1-3-8/h6-8,14H,1-5,16H2,(H,17,18). The highest BCUT2D eigenvalue weighted by atomic mass is 19.1. The molecule has 4 heteroatoms. The van der Waals surface area contributed by atoms with Crippen LogP contribution >= 0.6 is 0 Å². The van der Waals surface area contributed by atoms with Crippen molar-refractivity contribution in [3.63, 3.8) is 0 Å². The lowest BCUT2D eigenvalue weighted by atomic mass is 9.77. The smallest absolute Gasteiger partial charge is 0.224 e. The van der Waals surface area contributed by atoms with E-state index in [2.05, 4.69) is 5.32 Å². The zero-order valence-corrected chi connectivity index (χ0v) is 10.2. The highest BCUT2D eigenvalue weighted by Crippen LogP contribution is 2.38. The van der Waals surface area contributed by atoms with Crippen molar-refractivity contribution in [1.29, 1.82) is 0 Å². The third-order valence-electron chi connectivity index (χ3n) is 4.13. The third-order valence-corrected chi connectivity index (χ3v) is 4.13. The summed E-state index contributed by atoms with van der Waals surface area (Å²) in [4.78, 5) is 11.3. The topological polar surface area (TPSA) is 55.1 Å². The molecule has 1 aliphatic heterocycles. The Kier molecular flexibility index (Phi) is 2.82. The van der Waals surface area contributed by atoms with Crippen molar-refractivity contribution in [2.45, 2.75) is 38.1 Å². The first kappa shape index (κ1) is 11.7. The van der Waals surface area contributed by atoms with Crippen molar-refractivity contribution in [2.24, 2.45) is 11.7 Å². The third kappa shape index (κ3) is 1.90. The zero-order chi connectivity index (χ0) is 12.7. The lowest BCUT2D eigenvalue weighted by molar-refractivity contribution is -0.116. The van der Waals surface area contributed by atoms with Crippen LogP contribution in [0.2, 0.25) is 0 Å². The van der Waals surface area contributed by atoms with Crippen molar-refractivity contribution in [2.75, 3.05) is 5.32 Å². The van der Waals surface area contributed by atoms with Gasteiger partial charge in [-0.1, -0.05) is 6.42 Å². The highest BCUT2D eigenvalue weighted by molar-refractivity contribution is 5.93. The molecule has 1 aromatic rings. The highest BCUT2D eigenvalue weighted by Gasteiger charge is 2.28. The van der Waals surface area contributed by atoms with E-state index in [9.17, 15) is 9.18 Å². The van der Waals surface area contributed by atoms with E-state index in [-0.39, 0.29) is 17.8 Å². The van der Waals surface area contributed by atoms with Crippen molar-refractivity contribution in [3.05, 3.63) is 29.1 Å². The summed E-state index contributed by atoms with van der Waals surface area (Å²) in [6, 6.07) is 3.05. The summed E-state index contributed by atoms with van der Waals surface area (Å²) in [5, 5.41) is 2.70. The molecule has 96 valence electrons. The molecule has 1 saturated carbocycles. The zero-order valence-electron chi connectivity index (χ0n) is 10.2. The molecule has 1 fully saturated rings. The summed E-state index contributed by atoms with van der Waals surface area (Å²) in [5.74, 6) is 0.0732. The van der Waals surface area contributed by atoms with Gasteiger partial charge in [-0.25, -0.2) is 4.39 Å². The molecular weight excluding hydrogens is 231 g/mol. The fraction of sp³-hybridized carbons (Fsp3) is 0.500. The first-order valence-corrected chi connectivity index (χ1v) is 6.53. The molecule has 0 radical (unpaired) electrons. The molecule has 0 saturated heterocycles. The van der Waals surface area contributed by atoms with E-state index < -0.39 is 0 Å². The SMILES string of the molecule is NC(c1cc2c(cc1F)NC(=O)CC2)C1CCC1. The van der Waals surface area contributed by atoms with Gasteiger partial charge < -0.3 is 11.1 Å². The minimum atomic E-state index is -0.296. The van der Waals surface area contributed by atoms with Crippen LogP contribution in [0, 0.1) is 11.7 Å². The molecule has 0 bridgehead atoms. The Hall–Kier alpha value is -1.42. The molecule has 3 nitrogen and oxygen atoms in total. The van der Waals surface area contributed by atoms with E-state index in [1.54, 1.807) is 0 Å². The number of hydrogen-bond donors (Lipinski definition) is 2. The molecule has 1 unspecified atom stereocenters. The fourth-order valence-corrected chi connectivity index (χ4v) is 2.73. The van der Waals surface area contributed by atoms with Crippen LogP contribution in [0.3, 0.4) is 0 Å². The largest absolute Gasteiger partial charge is 0.326 e. The lowest BCUT2D eigenvalue weighted by Crippen LogP contribution is -2.28. The molecule has 1 aliphatic carbocycles. The van der Waals surface area contributed by atoms with E-state index in [1.807, 2.05) is 6.07 Å². The van der Waals surface area contributed by atoms with Gasteiger partial charge in [-0.3, -0.25) is 4.79 Å². The second kappa shape index (κ2) is 4.35. The number of fused-ring (bicyclic) bond motifs is 1. The summed E-state index contributed by atoms with van der Waals surface area (Å²) in [6.07, 6.45) is 4.52. The molecule has 18 heavy (non-hydrogen) atoms. The summed E-state index contributed by atoms with van der Waals surface area (Å²) < 4.78 is 14.0. The van der Waals surface area contributed by atoms with Crippen molar-refractivity contribution >= 4 is 11.6 Å². The number of anilines is 1. The Bertz CT molecular complexity index is 497. The van der Waals surface area contributed by atoms with Gasteiger partial charge in [-0.15, -0.1) is 0 Å². The average Bonchev–Trinajstić information content (AvgIpc) is 2.25. The molecule has 1 heterocycles.